The monoisotopic (exact) mass is 373 g/mol. The molecule has 3 rings (SSSR count). The number of halogens is 1. The fourth-order valence-corrected chi connectivity index (χ4v) is 2.92. The Labute approximate surface area is 155 Å². The largest absolute Gasteiger partial charge is 0.443 e. The normalized spacial score (nSPS) is 19.1. The highest BCUT2D eigenvalue weighted by Gasteiger charge is 2.45. The molecule has 0 N–H and O–H groups in total. The maximum atomic E-state index is 12.1. The van der Waals surface area contributed by atoms with Crippen molar-refractivity contribution in [3.63, 3.8) is 0 Å². The lowest BCUT2D eigenvalue weighted by Crippen LogP contribution is -2.41. The Kier molecular flexibility index (Phi) is 4.41. The smallest absolute Gasteiger partial charge is 0.272 e. The fraction of sp³-hybridized carbons (Fsp3) is 0.222. The summed E-state index contributed by atoms with van der Waals surface area (Å²) in [5.41, 5.74) is 0.284. The van der Waals surface area contributed by atoms with Gasteiger partial charge in [0.25, 0.3) is 5.69 Å². The number of nitro groups is 1. The summed E-state index contributed by atoms with van der Waals surface area (Å²) < 4.78 is 6.00. The van der Waals surface area contributed by atoms with Crippen LogP contribution in [0.2, 0.25) is 5.02 Å². The van der Waals surface area contributed by atoms with Crippen molar-refractivity contribution in [2.24, 2.45) is 5.10 Å². The second kappa shape index (κ2) is 6.42. The highest BCUT2D eigenvalue weighted by atomic mass is 35.5. The van der Waals surface area contributed by atoms with Crippen molar-refractivity contribution in [3.05, 3.63) is 74.3 Å². The topological polar surface area (TPSA) is 85.0 Å². The van der Waals surface area contributed by atoms with Gasteiger partial charge in [-0.25, -0.2) is 0 Å². The van der Waals surface area contributed by atoms with Crippen LogP contribution in [0.4, 0.5) is 5.69 Å². The predicted molar refractivity (Wildman–Crippen MR) is 96.8 cm³/mol. The molecule has 8 heteroatoms. The van der Waals surface area contributed by atoms with Gasteiger partial charge in [0.1, 0.15) is 0 Å². The molecule has 0 aromatic heterocycles. The molecule has 1 atom stereocenters. The number of hydrogen-bond acceptors (Lipinski definition) is 5. The zero-order valence-corrected chi connectivity index (χ0v) is 15.1. The van der Waals surface area contributed by atoms with Crippen LogP contribution in [0.3, 0.4) is 0 Å². The van der Waals surface area contributed by atoms with E-state index < -0.39 is 10.6 Å². The number of hydrogen-bond donors (Lipinski definition) is 0. The molecule has 1 aliphatic rings. The van der Waals surface area contributed by atoms with Gasteiger partial charge >= 0.3 is 0 Å². The molecule has 1 amide bonds. The summed E-state index contributed by atoms with van der Waals surface area (Å²) in [5.74, 6) is -0.109. The highest BCUT2D eigenvalue weighted by molar-refractivity contribution is 6.30. The third kappa shape index (κ3) is 3.01. The van der Waals surface area contributed by atoms with Gasteiger partial charge in [0.05, 0.1) is 4.92 Å². The highest BCUT2D eigenvalue weighted by Crippen LogP contribution is 2.38. The number of nitrogens with zero attached hydrogens (tertiary/aromatic N) is 3. The zero-order valence-electron chi connectivity index (χ0n) is 14.4. The van der Waals surface area contributed by atoms with E-state index in [0.29, 0.717) is 21.7 Å². The third-order valence-electron chi connectivity index (χ3n) is 4.22. The lowest BCUT2D eigenvalue weighted by molar-refractivity contribution is -0.385. The van der Waals surface area contributed by atoms with Crippen LogP contribution in [0.5, 0.6) is 0 Å². The predicted octanol–water partition coefficient (Wildman–Crippen LogP) is 3.97. The van der Waals surface area contributed by atoms with Gasteiger partial charge in [-0.15, -0.1) is 5.10 Å². The molecule has 1 heterocycles. The number of carbonyl (C=O) groups excluding carboxylic acids is 1. The van der Waals surface area contributed by atoms with E-state index in [4.69, 9.17) is 16.3 Å². The number of carbonyl (C=O) groups is 1. The van der Waals surface area contributed by atoms with E-state index in [1.807, 2.05) is 0 Å². The lowest BCUT2D eigenvalue weighted by Gasteiger charge is -2.31. The second-order valence-corrected chi connectivity index (χ2v) is 6.52. The molecule has 7 nitrogen and oxygen atoms in total. The molecule has 0 fully saturated rings. The molecule has 0 spiro atoms. The minimum Gasteiger partial charge on any atom is -0.443 e. The van der Waals surface area contributed by atoms with E-state index in [0.717, 1.165) is 0 Å². The third-order valence-corrected chi connectivity index (χ3v) is 4.47. The van der Waals surface area contributed by atoms with Crippen molar-refractivity contribution >= 4 is 29.1 Å². The molecular formula is C18H16ClN3O4. The van der Waals surface area contributed by atoms with Crippen LogP contribution in [-0.4, -0.2) is 21.7 Å². The van der Waals surface area contributed by atoms with Gasteiger partial charge in [0.2, 0.25) is 17.5 Å². The zero-order chi connectivity index (χ0) is 19.1. The van der Waals surface area contributed by atoms with E-state index in [-0.39, 0.29) is 17.5 Å². The SMILES string of the molecule is CC(=O)N1N=C(c2ccc(Cl)cc2)OC1(C)c1ccc(C)c([N+](=O)[O-])c1. The van der Waals surface area contributed by atoms with Gasteiger partial charge < -0.3 is 4.74 Å². The van der Waals surface area contributed by atoms with Gasteiger partial charge in [-0.2, -0.15) is 5.01 Å². The Morgan fingerprint density at radius 3 is 2.50 bits per heavy atom. The van der Waals surface area contributed by atoms with Gasteiger partial charge in [-0.05, 0) is 31.2 Å². The number of nitro benzene ring substituents is 1. The molecule has 2 aromatic carbocycles. The molecule has 0 bridgehead atoms. The Bertz CT molecular complexity index is 927. The Balaban J connectivity index is 2.06. The minimum absolute atomic E-state index is 0.0456. The lowest BCUT2D eigenvalue weighted by atomic mass is 10.0. The molecule has 26 heavy (non-hydrogen) atoms. The molecule has 2 aromatic rings. The summed E-state index contributed by atoms with van der Waals surface area (Å²) in [7, 11) is 0. The average molecular weight is 374 g/mol. The van der Waals surface area contributed by atoms with Crippen molar-refractivity contribution in [1.82, 2.24) is 5.01 Å². The van der Waals surface area contributed by atoms with Crippen LogP contribution >= 0.6 is 11.6 Å². The first kappa shape index (κ1) is 17.9. The Morgan fingerprint density at radius 2 is 1.92 bits per heavy atom. The van der Waals surface area contributed by atoms with E-state index >= 15 is 0 Å². The molecular weight excluding hydrogens is 358 g/mol. The number of amides is 1. The number of hydrazone groups is 1. The maximum Gasteiger partial charge on any atom is 0.272 e. The first-order valence-corrected chi connectivity index (χ1v) is 8.20. The first-order valence-electron chi connectivity index (χ1n) is 7.82. The van der Waals surface area contributed by atoms with Crippen LogP contribution in [0.25, 0.3) is 0 Å². The van der Waals surface area contributed by atoms with Crippen LogP contribution in [-0.2, 0) is 15.3 Å². The van der Waals surface area contributed by atoms with Crippen molar-refractivity contribution < 1.29 is 14.5 Å². The van der Waals surface area contributed by atoms with Crippen LogP contribution < -0.4 is 0 Å². The molecule has 0 saturated carbocycles. The van der Waals surface area contributed by atoms with E-state index in [2.05, 4.69) is 5.10 Å². The van der Waals surface area contributed by atoms with Crippen LogP contribution in [0, 0.1) is 17.0 Å². The first-order chi connectivity index (χ1) is 12.2. The maximum absolute atomic E-state index is 12.1. The molecule has 0 aliphatic carbocycles. The van der Waals surface area contributed by atoms with E-state index in [1.165, 1.54) is 18.0 Å². The number of benzene rings is 2. The summed E-state index contributed by atoms with van der Waals surface area (Å²) in [5, 5.41) is 17.3. The molecule has 0 saturated heterocycles. The summed E-state index contributed by atoms with van der Waals surface area (Å²) in [4.78, 5) is 22.9. The van der Waals surface area contributed by atoms with Gasteiger partial charge in [-0.1, -0.05) is 23.7 Å². The fourth-order valence-electron chi connectivity index (χ4n) is 2.79. The van der Waals surface area contributed by atoms with Crippen molar-refractivity contribution in [2.75, 3.05) is 0 Å². The summed E-state index contributed by atoms with van der Waals surface area (Å²) in [6.07, 6.45) is 0. The van der Waals surface area contributed by atoms with Crippen molar-refractivity contribution in [1.29, 1.82) is 0 Å². The Morgan fingerprint density at radius 1 is 1.27 bits per heavy atom. The minimum atomic E-state index is -1.29. The molecule has 1 unspecified atom stereocenters. The number of rotatable bonds is 3. The molecule has 134 valence electrons. The standard InChI is InChI=1S/C18H16ClN3O4/c1-11-4-7-14(10-16(11)22(24)25)18(3)21(12(2)23)20-17(26-18)13-5-8-15(19)9-6-13/h4-10H,1-3H3. The molecule has 0 radical (unpaired) electrons. The van der Waals surface area contributed by atoms with E-state index in [9.17, 15) is 14.9 Å². The Hall–Kier alpha value is -2.93. The van der Waals surface area contributed by atoms with Gasteiger partial charge in [0, 0.05) is 41.6 Å². The van der Waals surface area contributed by atoms with Crippen LogP contribution in [0.1, 0.15) is 30.5 Å². The molecule has 1 aliphatic heterocycles. The average Bonchev–Trinajstić information content (AvgIpc) is 2.94. The summed E-state index contributed by atoms with van der Waals surface area (Å²) in [6.45, 7) is 4.66. The van der Waals surface area contributed by atoms with Crippen LogP contribution in [0.15, 0.2) is 47.6 Å². The van der Waals surface area contributed by atoms with Gasteiger partial charge in [-0.3, -0.25) is 14.9 Å². The number of aryl methyl sites for hydroxylation is 1. The van der Waals surface area contributed by atoms with Gasteiger partial charge in [0.15, 0.2) is 0 Å². The van der Waals surface area contributed by atoms with Crippen molar-refractivity contribution in [2.45, 2.75) is 26.5 Å². The van der Waals surface area contributed by atoms with Crippen molar-refractivity contribution in [3.8, 4) is 0 Å². The summed E-state index contributed by atoms with van der Waals surface area (Å²) in [6, 6.07) is 11.6. The quantitative estimate of drug-likeness (QED) is 0.601. The second-order valence-electron chi connectivity index (χ2n) is 6.09. The van der Waals surface area contributed by atoms with E-state index in [1.54, 1.807) is 50.2 Å². The summed E-state index contributed by atoms with van der Waals surface area (Å²) >= 11 is 5.90. The number of ether oxygens (including phenoxy) is 1.